The van der Waals surface area contributed by atoms with Crippen LogP contribution in [0.4, 0.5) is 5.69 Å². The molecule has 0 unspecified atom stereocenters. The third kappa shape index (κ3) is 7.93. The normalized spacial score (nSPS) is 14.4. The van der Waals surface area contributed by atoms with E-state index in [0.29, 0.717) is 5.69 Å². The van der Waals surface area contributed by atoms with Crippen molar-refractivity contribution in [3.8, 4) is 0 Å². The average Bonchev–Trinajstić information content (AvgIpc) is 3.48. The Morgan fingerprint density at radius 1 is 0.976 bits per heavy atom. The molecule has 0 bridgehead atoms. The molecule has 0 saturated heterocycles. The van der Waals surface area contributed by atoms with Crippen molar-refractivity contribution in [2.75, 3.05) is 17.1 Å². The number of rotatable bonds is 11. The average molecular weight is 659 g/mol. The number of anilines is 1. The summed E-state index contributed by atoms with van der Waals surface area (Å²) in [6.45, 7) is 3.33. The number of amides is 2. The Morgan fingerprint density at radius 3 is 2.17 bits per heavy atom. The molecule has 218 valence electrons. The quantitative estimate of drug-likeness (QED) is 0.250. The second kappa shape index (κ2) is 13.9. The van der Waals surface area contributed by atoms with Crippen LogP contribution in [0, 0.1) is 6.92 Å². The van der Waals surface area contributed by atoms with Gasteiger partial charge in [-0.3, -0.25) is 13.9 Å². The molecule has 7 nitrogen and oxygen atoms in total. The van der Waals surface area contributed by atoms with E-state index in [4.69, 9.17) is 0 Å². The SMILES string of the molecule is CSc1ccc(S(=O)(=O)N(CC(=O)N(Cc2ccc(Br)cc2)[C@H](C)C(=O)NC2CCCC2)c2ccc(C)cc2)cc1. The third-order valence-electron chi connectivity index (χ3n) is 7.38. The maximum atomic E-state index is 14.1. The Morgan fingerprint density at radius 2 is 1.59 bits per heavy atom. The van der Waals surface area contributed by atoms with Gasteiger partial charge in [0.05, 0.1) is 10.6 Å². The van der Waals surface area contributed by atoms with Crippen LogP contribution in [0.2, 0.25) is 0 Å². The molecule has 1 N–H and O–H groups in total. The Kier molecular flexibility index (Phi) is 10.5. The van der Waals surface area contributed by atoms with Crippen LogP contribution in [0.5, 0.6) is 0 Å². The number of thioether (sulfide) groups is 1. The minimum atomic E-state index is -4.09. The van der Waals surface area contributed by atoms with Crippen LogP contribution in [0.1, 0.15) is 43.7 Å². The number of carbonyl (C=O) groups is 2. The van der Waals surface area contributed by atoms with Crippen LogP contribution in [0.15, 0.2) is 87.1 Å². The molecule has 0 heterocycles. The molecule has 10 heteroatoms. The Bertz CT molecular complexity index is 1440. The molecule has 1 atom stereocenters. The highest BCUT2D eigenvalue weighted by atomic mass is 79.9. The summed E-state index contributed by atoms with van der Waals surface area (Å²) in [4.78, 5) is 29.9. The van der Waals surface area contributed by atoms with Crippen LogP contribution < -0.4 is 9.62 Å². The minimum absolute atomic E-state index is 0.0927. The van der Waals surface area contributed by atoms with Gasteiger partial charge in [-0.2, -0.15) is 0 Å². The summed E-state index contributed by atoms with van der Waals surface area (Å²) in [6, 6.07) is 20.5. The zero-order valence-corrected chi connectivity index (χ0v) is 26.8. The lowest BCUT2D eigenvalue weighted by Gasteiger charge is -2.32. The van der Waals surface area contributed by atoms with Gasteiger partial charge in [-0.1, -0.05) is 58.6 Å². The topological polar surface area (TPSA) is 86.8 Å². The molecule has 1 fully saturated rings. The number of hydrogen-bond donors (Lipinski definition) is 1. The van der Waals surface area contributed by atoms with Crippen molar-refractivity contribution in [3.63, 3.8) is 0 Å². The van der Waals surface area contributed by atoms with E-state index in [1.807, 2.05) is 49.6 Å². The van der Waals surface area contributed by atoms with Crippen molar-refractivity contribution < 1.29 is 18.0 Å². The second-order valence-electron chi connectivity index (χ2n) is 10.3. The van der Waals surface area contributed by atoms with Gasteiger partial charge in [0.1, 0.15) is 12.6 Å². The van der Waals surface area contributed by atoms with Gasteiger partial charge >= 0.3 is 0 Å². The molecular weight excluding hydrogens is 622 g/mol. The van der Waals surface area contributed by atoms with Crippen molar-refractivity contribution in [1.29, 1.82) is 0 Å². The molecule has 1 aliphatic carbocycles. The van der Waals surface area contributed by atoms with E-state index in [1.54, 1.807) is 43.3 Å². The number of hydrogen-bond acceptors (Lipinski definition) is 5. The number of nitrogens with zero attached hydrogens (tertiary/aromatic N) is 2. The van der Waals surface area contributed by atoms with Crippen molar-refractivity contribution in [2.45, 2.75) is 68.0 Å². The molecule has 3 aromatic carbocycles. The Balaban J connectivity index is 1.67. The van der Waals surface area contributed by atoms with Crippen molar-refractivity contribution >= 4 is 55.2 Å². The first kappa shape index (κ1) is 31.1. The van der Waals surface area contributed by atoms with Gasteiger partial charge in [-0.25, -0.2) is 8.42 Å². The largest absolute Gasteiger partial charge is 0.352 e. The molecule has 1 aliphatic rings. The van der Waals surface area contributed by atoms with Crippen LogP contribution >= 0.6 is 27.7 Å². The molecule has 0 radical (unpaired) electrons. The molecule has 2 amide bonds. The smallest absolute Gasteiger partial charge is 0.264 e. The van der Waals surface area contributed by atoms with Crippen molar-refractivity contribution in [3.05, 3.63) is 88.4 Å². The lowest BCUT2D eigenvalue weighted by molar-refractivity contribution is -0.139. The first-order valence-electron chi connectivity index (χ1n) is 13.7. The first-order valence-corrected chi connectivity index (χ1v) is 17.1. The molecule has 1 saturated carbocycles. The number of aryl methyl sites for hydroxylation is 1. The fourth-order valence-electron chi connectivity index (χ4n) is 4.88. The van der Waals surface area contributed by atoms with Crippen LogP contribution in [0.25, 0.3) is 0 Å². The van der Waals surface area contributed by atoms with Gasteiger partial charge in [0, 0.05) is 22.0 Å². The second-order valence-corrected chi connectivity index (χ2v) is 14.0. The summed E-state index contributed by atoms with van der Waals surface area (Å²) < 4.78 is 30.0. The molecule has 0 aliphatic heterocycles. The van der Waals surface area contributed by atoms with E-state index in [9.17, 15) is 18.0 Å². The van der Waals surface area contributed by atoms with Gasteiger partial charge in [0.15, 0.2) is 0 Å². The van der Waals surface area contributed by atoms with Crippen LogP contribution in [-0.2, 0) is 26.2 Å². The fourth-order valence-corrected chi connectivity index (χ4v) is 6.96. The fraction of sp³-hybridized carbons (Fsp3) is 0.355. The summed E-state index contributed by atoms with van der Waals surface area (Å²) >= 11 is 4.96. The highest BCUT2D eigenvalue weighted by Gasteiger charge is 2.33. The summed E-state index contributed by atoms with van der Waals surface area (Å²) in [5, 5.41) is 3.09. The summed E-state index contributed by atoms with van der Waals surface area (Å²) in [7, 11) is -4.09. The maximum Gasteiger partial charge on any atom is 0.264 e. The van der Waals surface area contributed by atoms with Gasteiger partial charge in [-0.15, -0.1) is 11.8 Å². The highest BCUT2D eigenvalue weighted by molar-refractivity contribution is 9.10. The standard InChI is InChI=1S/C31H36BrN3O4S2/c1-22-8-14-27(15-9-22)35(41(38,39)29-18-16-28(40-3)17-19-29)21-30(36)34(20-24-10-12-25(32)13-11-24)23(2)31(37)33-26-6-4-5-7-26/h8-19,23,26H,4-7,20-21H2,1-3H3,(H,33,37)/t23-/m1/s1. The molecule has 0 spiro atoms. The molecular formula is C31H36BrN3O4S2. The van der Waals surface area contributed by atoms with Crippen molar-refractivity contribution in [2.24, 2.45) is 0 Å². The van der Waals surface area contributed by atoms with Crippen LogP contribution in [0.3, 0.4) is 0 Å². The number of benzene rings is 3. The summed E-state index contributed by atoms with van der Waals surface area (Å²) in [5.74, 6) is -0.702. The summed E-state index contributed by atoms with van der Waals surface area (Å²) in [5.41, 5.74) is 2.18. The molecule has 41 heavy (non-hydrogen) atoms. The predicted molar refractivity (Wildman–Crippen MR) is 168 cm³/mol. The molecule has 3 aromatic rings. The van der Waals surface area contributed by atoms with E-state index in [0.717, 1.165) is 50.5 Å². The lowest BCUT2D eigenvalue weighted by atomic mass is 10.1. The maximum absolute atomic E-state index is 14.1. The summed E-state index contributed by atoms with van der Waals surface area (Å²) in [6.07, 6.45) is 5.91. The minimum Gasteiger partial charge on any atom is -0.352 e. The number of nitrogens with one attached hydrogen (secondary N) is 1. The van der Waals surface area contributed by atoms with E-state index in [2.05, 4.69) is 21.2 Å². The van der Waals surface area contributed by atoms with Gasteiger partial charge in [0.2, 0.25) is 11.8 Å². The van der Waals surface area contributed by atoms with Gasteiger partial charge in [0.25, 0.3) is 10.0 Å². The zero-order chi connectivity index (χ0) is 29.6. The highest BCUT2D eigenvalue weighted by Crippen LogP contribution is 2.27. The van der Waals surface area contributed by atoms with E-state index in [1.165, 1.54) is 16.7 Å². The zero-order valence-electron chi connectivity index (χ0n) is 23.5. The van der Waals surface area contributed by atoms with Gasteiger partial charge in [-0.05, 0) is 87.0 Å². The predicted octanol–water partition coefficient (Wildman–Crippen LogP) is 6.15. The lowest BCUT2D eigenvalue weighted by Crippen LogP contribution is -2.52. The monoisotopic (exact) mass is 657 g/mol. The Labute approximate surface area is 255 Å². The van der Waals surface area contributed by atoms with E-state index in [-0.39, 0.29) is 23.4 Å². The van der Waals surface area contributed by atoms with Crippen LogP contribution in [-0.4, -0.2) is 50.0 Å². The number of sulfonamides is 1. The number of halogens is 1. The first-order chi connectivity index (χ1) is 19.6. The van der Waals surface area contributed by atoms with Gasteiger partial charge < -0.3 is 10.2 Å². The van der Waals surface area contributed by atoms with Crippen molar-refractivity contribution in [1.82, 2.24) is 10.2 Å². The third-order valence-corrected chi connectivity index (χ3v) is 10.4. The molecule has 4 rings (SSSR count). The Hall–Kier alpha value is -2.82. The van der Waals surface area contributed by atoms with E-state index >= 15 is 0 Å². The molecule has 0 aromatic heterocycles. The number of carbonyl (C=O) groups excluding carboxylic acids is 2. The van der Waals surface area contributed by atoms with E-state index < -0.39 is 28.5 Å².